The van der Waals surface area contributed by atoms with Crippen LogP contribution in [0.25, 0.3) is 0 Å². The Hall–Kier alpha value is -2.83. The molecule has 0 aromatic rings. The lowest BCUT2D eigenvalue weighted by atomic mass is 9.97. The molecule has 2 heterocycles. The Bertz CT molecular complexity index is 1560. The van der Waals surface area contributed by atoms with Crippen LogP contribution in [0, 0.1) is 0 Å². The smallest absolute Gasteiger partial charge is 0.220 e. The van der Waals surface area contributed by atoms with E-state index in [1.807, 2.05) is 6.08 Å². The first kappa shape index (κ1) is 67.3. The number of amides is 1. The molecule has 2 fully saturated rings. The van der Waals surface area contributed by atoms with Crippen LogP contribution < -0.4 is 5.32 Å². The minimum atomic E-state index is -1.80. The monoisotopic (exact) mass is 1050 g/mol. The Morgan fingerprint density at radius 2 is 0.946 bits per heavy atom. The summed E-state index contributed by atoms with van der Waals surface area (Å²) in [5, 5.41) is 87.0. The lowest BCUT2D eigenvalue weighted by Crippen LogP contribution is -2.65. The molecule has 0 spiro atoms. The molecule has 426 valence electrons. The molecule has 1 amide bonds. The average molecular weight is 1050 g/mol. The highest BCUT2D eigenvalue weighted by Gasteiger charge is 2.51. The molecule has 2 aliphatic heterocycles. The van der Waals surface area contributed by atoms with E-state index in [1.165, 1.54) is 77.0 Å². The van der Waals surface area contributed by atoms with E-state index in [4.69, 9.17) is 18.9 Å². The number of carbonyl (C=O) groups is 1. The third-order valence-electron chi connectivity index (χ3n) is 13.6. The van der Waals surface area contributed by atoms with Crippen molar-refractivity contribution in [3.05, 3.63) is 85.1 Å². The lowest BCUT2D eigenvalue weighted by Gasteiger charge is -2.46. The SMILES string of the molecule is CC/C=C\C/C=C\C/C=C\C/C=C\C/C=C\CCCCCCCCCC(=O)NC(COC1OC(CO)C(OC2OC(CO)C(O)C(O)C2O)C(O)C1O)C(O)/C=C/CC/C=C/CCCCCCCCCCCCC. The predicted molar refractivity (Wildman–Crippen MR) is 295 cm³/mol. The van der Waals surface area contributed by atoms with Gasteiger partial charge in [-0.05, 0) is 77.0 Å². The third-order valence-corrected chi connectivity index (χ3v) is 13.6. The minimum Gasteiger partial charge on any atom is -0.394 e. The van der Waals surface area contributed by atoms with Crippen molar-refractivity contribution in [3.8, 4) is 0 Å². The molecule has 9 N–H and O–H groups in total. The van der Waals surface area contributed by atoms with Crippen molar-refractivity contribution in [1.82, 2.24) is 5.32 Å². The predicted octanol–water partition coefficient (Wildman–Crippen LogP) is 9.33. The Kier molecular flexibility index (Phi) is 41.1. The van der Waals surface area contributed by atoms with Crippen molar-refractivity contribution in [1.29, 1.82) is 0 Å². The second-order valence-electron chi connectivity index (χ2n) is 20.0. The van der Waals surface area contributed by atoms with Gasteiger partial charge in [0.25, 0.3) is 0 Å². The molecule has 0 saturated carbocycles. The van der Waals surface area contributed by atoms with E-state index >= 15 is 0 Å². The number of hydrogen-bond acceptors (Lipinski definition) is 13. The van der Waals surface area contributed by atoms with Crippen LogP contribution in [0.1, 0.15) is 194 Å². The highest BCUT2D eigenvalue weighted by atomic mass is 16.7. The number of allylic oxidation sites excluding steroid dienone is 13. The quantitative estimate of drug-likeness (QED) is 0.0205. The molecule has 12 atom stereocenters. The van der Waals surface area contributed by atoms with Crippen LogP contribution in [-0.2, 0) is 23.7 Å². The first-order valence-corrected chi connectivity index (χ1v) is 28.8. The molecule has 2 saturated heterocycles. The Balaban J connectivity index is 1.80. The number of nitrogens with one attached hydrogen (secondary N) is 1. The number of hydrogen-bond donors (Lipinski definition) is 9. The van der Waals surface area contributed by atoms with E-state index in [-0.39, 0.29) is 18.9 Å². The van der Waals surface area contributed by atoms with Gasteiger partial charge in [-0.1, -0.05) is 195 Å². The number of aliphatic hydroxyl groups excluding tert-OH is 8. The maximum absolute atomic E-state index is 13.2. The molecule has 0 bridgehead atoms. The number of rotatable bonds is 44. The van der Waals surface area contributed by atoms with Gasteiger partial charge in [0.1, 0.15) is 48.8 Å². The Morgan fingerprint density at radius 3 is 1.49 bits per heavy atom. The molecule has 2 aliphatic rings. The molecular formula is C60H103NO13. The molecule has 0 aromatic carbocycles. The van der Waals surface area contributed by atoms with E-state index in [9.17, 15) is 45.6 Å². The topological polar surface area (TPSA) is 228 Å². The van der Waals surface area contributed by atoms with Gasteiger partial charge in [0.15, 0.2) is 12.6 Å². The molecule has 14 nitrogen and oxygen atoms in total. The summed E-state index contributed by atoms with van der Waals surface area (Å²) in [4.78, 5) is 13.2. The first-order chi connectivity index (χ1) is 36.1. The van der Waals surface area contributed by atoms with Crippen LogP contribution in [0.3, 0.4) is 0 Å². The zero-order valence-electron chi connectivity index (χ0n) is 45.6. The summed E-state index contributed by atoms with van der Waals surface area (Å²) in [5.41, 5.74) is 0. The molecular weight excluding hydrogens is 943 g/mol. The second-order valence-corrected chi connectivity index (χ2v) is 20.0. The molecule has 2 rings (SSSR count). The lowest BCUT2D eigenvalue weighted by molar-refractivity contribution is -0.359. The Labute approximate surface area is 446 Å². The van der Waals surface area contributed by atoms with Crippen molar-refractivity contribution >= 4 is 5.91 Å². The highest BCUT2D eigenvalue weighted by molar-refractivity contribution is 5.76. The van der Waals surface area contributed by atoms with E-state index in [0.717, 1.165) is 83.5 Å². The fourth-order valence-corrected chi connectivity index (χ4v) is 8.92. The van der Waals surface area contributed by atoms with Crippen LogP contribution >= 0.6 is 0 Å². The van der Waals surface area contributed by atoms with Gasteiger partial charge in [0.05, 0.1) is 32.0 Å². The van der Waals surface area contributed by atoms with Gasteiger partial charge in [-0.2, -0.15) is 0 Å². The summed E-state index contributed by atoms with van der Waals surface area (Å²) in [6, 6.07) is -0.943. The Morgan fingerprint density at radius 1 is 0.500 bits per heavy atom. The van der Waals surface area contributed by atoms with Crippen molar-refractivity contribution in [3.63, 3.8) is 0 Å². The minimum absolute atomic E-state index is 0.256. The van der Waals surface area contributed by atoms with Crippen LogP contribution in [-0.4, -0.2) is 140 Å². The number of ether oxygens (including phenoxy) is 4. The maximum Gasteiger partial charge on any atom is 0.220 e. The summed E-state index contributed by atoms with van der Waals surface area (Å²) < 4.78 is 22.7. The summed E-state index contributed by atoms with van der Waals surface area (Å²) in [7, 11) is 0. The fraction of sp³-hybridized carbons (Fsp3) is 0.750. The molecule has 0 radical (unpaired) electrons. The van der Waals surface area contributed by atoms with Gasteiger partial charge < -0.3 is 65.1 Å². The van der Waals surface area contributed by atoms with E-state index in [0.29, 0.717) is 12.8 Å². The van der Waals surface area contributed by atoms with Crippen LogP contribution in [0.4, 0.5) is 0 Å². The molecule has 0 aromatic heterocycles. The van der Waals surface area contributed by atoms with Crippen molar-refractivity contribution in [2.45, 2.75) is 267 Å². The van der Waals surface area contributed by atoms with Gasteiger partial charge >= 0.3 is 0 Å². The van der Waals surface area contributed by atoms with Gasteiger partial charge in [-0.3, -0.25) is 4.79 Å². The summed E-state index contributed by atoms with van der Waals surface area (Å²) >= 11 is 0. The standard InChI is InChI=1S/C60H103NO13/c1-3-5-7-9-11-13-15-17-19-21-22-23-24-25-26-28-30-32-34-36-38-40-42-44-52(65)61-48(49(64)43-41-39-37-35-33-31-29-27-20-18-16-14-12-10-8-6-4-2)47-71-59-57(70)55(68)58(51(46-63)73-59)74-60-56(69)54(67)53(66)50(45-62)72-60/h5,7,11,13,17,19,22-23,25-26,33,35,41,43,48-51,53-60,62-64,66-70H,3-4,6,8-10,12,14-16,18,20-21,24,27-32,34,36-40,42,44-47H2,1-2H3,(H,61,65)/b7-5-,13-11-,19-17-,23-22-,26-25-,35-33+,43-41+. The molecule has 14 heteroatoms. The van der Waals surface area contributed by atoms with Crippen LogP contribution in [0.5, 0.6) is 0 Å². The summed E-state index contributed by atoms with van der Waals surface area (Å²) in [6.07, 6.45) is 43.3. The largest absolute Gasteiger partial charge is 0.394 e. The van der Waals surface area contributed by atoms with Crippen molar-refractivity contribution < 1.29 is 64.6 Å². The molecule has 0 aliphatic carbocycles. The molecule has 74 heavy (non-hydrogen) atoms. The normalized spacial score (nSPS) is 25.9. The zero-order chi connectivity index (χ0) is 53.9. The second kappa shape index (κ2) is 45.2. The van der Waals surface area contributed by atoms with Crippen molar-refractivity contribution in [2.75, 3.05) is 19.8 Å². The number of carbonyl (C=O) groups excluding carboxylic acids is 1. The summed E-state index contributed by atoms with van der Waals surface area (Å²) in [5.74, 6) is -0.264. The van der Waals surface area contributed by atoms with Gasteiger partial charge in [-0.15, -0.1) is 0 Å². The first-order valence-electron chi connectivity index (χ1n) is 28.8. The third kappa shape index (κ3) is 30.8. The number of unbranched alkanes of at least 4 members (excludes halogenated alkanes) is 19. The average Bonchev–Trinajstić information content (AvgIpc) is 3.40. The van der Waals surface area contributed by atoms with Crippen LogP contribution in [0.15, 0.2) is 85.1 Å². The van der Waals surface area contributed by atoms with Gasteiger partial charge in [-0.25, -0.2) is 0 Å². The highest BCUT2D eigenvalue weighted by Crippen LogP contribution is 2.30. The van der Waals surface area contributed by atoms with Crippen molar-refractivity contribution in [2.24, 2.45) is 0 Å². The zero-order valence-corrected chi connectivity index (χ0v) is 45.6. The molecule has 12 unspecified atom stereocenters. The van der Waals surface area contributed by atoms with Gasteiger partial charge in [0, 0.05) is 6.42 Å². The van der Waals surface area contributed by atoms with Gasteiger partial charge in [0.2, 0.25) is 5.91 Å². The fourth-order valence-electron chi connectivity index (χ4n) is 8.92. The van der Waals surface area contributed by atoms with Crippen LogP contribution in [0.2, 0.25) is 0 Å². The number of aliphatic hydroxyl groups is 8. The maximum atomic E-state index is 13.2. The van der Waals surface area contributed by atoms with E-state index in [1.54, 1.807) is 6.08 Å². The summed E-state index contributed by atoms with van der Waals surface area (Å²) in [6.45, 7) is 2.64. The van der Waals surface area contributed by atoms with E-state index in [2.05, 4.69) is 92.1 Å². The van der Waals surface area contributed by atoms with E-state index < -0.39 is 86.8 Å².